The van der Waals surface area contributed by atoms with Crippen molar-refractivity contribution >= 4 is 11.9 Å². The van der Waals surface area contributed by atoms with E-state index in [9.17, 15) is 9.59 Å². The van der Waals surface area contributed by atoms with E-state index in [4.69, 9.17) is 9.47 Å². The summed E-state index contributed by atoms with van der Waals surface area (Å²) < 4.78 is 9.94. The second kappa shape index (κ2) is 17.3. The van der Waals surface area contributed by atoms with Crippen LogP contribution in [0.1, 0.15) is 89.5 Å². The average molecular weight is 391 g/mol. The summed E-state index contributed by atoms with van der Waals surface area (Å²) in [4.78, 5) is 23.2. The summed E-state index contributed by atoms with van der Waals surface area (Å²) in [6, 6.07) is 9.71. The first-order valence-electron chi connectivity index (χ1n) is 11.1. The number of hydrogen-bond donors (Lipinski definition) is 0. The molecule has 158 valence electrons. The summed E-state index contributed by atoms with van der Waals surface area (Å²) in [5, 5.41) is 0. The van der Waals surface area contributed by atoms with E-state index in [2.05, 4.69) is 6.92 Å². The maximum absolute atomic E-state index is 11.6. The van der Waals surface area contributed by atoms with E-state index < -0.39 is 11.9 Å². The highest BCUT2D eigenvalue weighted by Crippen LogP contribution is 2.12. The van der Waals surface area contributed by atoms with Crippen molar-refractivity contribution in [3.05, 3.63) is 35.9 Å². The molecule has 0 saturated carbocycles. The third-order valence-electron chi connectivity index (χ3n) is 4.86. The fraction of sp³-hybridized carbons (Fsp3) is 0.667. The number of rotatable bonds is 16. The SMILES string of the molecule is CCCCCCCCCCCCCCOC(=O)C(=O)OCCc1ccccc1. The lowest BCUT2D eigenvalue weighted by Gasteiger charge is -2.06. The van der Waals surface area contributed by atoms with Crippen LogP contribution < -0.4 is 0 Å². The Kier molecular flexibility index (Phi) is 14.9. The third kappa shape index (κ3) is 13.3. The van der Waals surface area contributed by atoms with Crippen molar-refractivity contribution < 1.29 is 19.1 Å². The normalized spacial score (nSPS) is 10.6. The van der Waals surface area contributed by atoms with Gasteiger partial charge in [0.15, 0.2) is 0 Å². The fourth-order valence-electron chi connectivity index (χ4n) is 3.13. The van der Waals surface area contributed by atoms with E-state index in [1.165, 1.54) is 57.8 Å². The van der Waals surface area contributed by atoms with Crippen LogP contribution in [0, 0.1) is 0 Å². The van der Waals surface area contributed by atoms with E-state index in [0.29, 0.717) is 13.0 Å². The van der Waals surface area contributed by atoms with Gasteiger partial charge in [-0.25, -0.2) is 9.59 Å². The van der Waals surface area contributed by atoms with Gasteiger partial charge in [-0.1, -0.05) is 108 Å². The Bertz CT molecular complexity index is 513. The van der Waals surface area contributed by atoms with Gasteiger partial charge in [-0.2, -0.15) is 0 Å². The summed E-state index contributed by atoms with van der Waals surface area (Å²) >= 11 is 0. The van der Waals surface area contributed by atoms with Gasteiger partial charge in [0.2, 0.25) is 0 Å². The Morgan fingerprint density at radius 1 is 0.643 bits per heavy atom. The lowest BCUT2D eigenvalue weighted by molar-refractivity contribution is -0.167. The number of carbonyl (C=O) groups is 2. The smallest absolute Gasteiger partial charge is 0.417 e. The number of benzene rings is 1. The molecule has 1 aromatic rings. The summed E-state index contributed by atoms with van der Waals surface area (Å²) in [7, 11) is 0. The minimum Gasteiger partial charge on any atom is -0.457 e. The molecular formula is C24H38O4. The van der Waals surface area contributed by atoms with Crippen molar-refractivity contribution in [3.8, 4) is 0 Å². The molecule has 0 N–H and O–H groups in total. The van der Waals surface area contributed by atoms with Crippen molar-refractivity contribution in [1.29, 1.82) is 0 Å². The van der Waals surface area contributed by atoms with Gasteiger partial charge in [-0.15, -0.1) is 0 Å². The highest BCUT2D eigenvalue weighted by atomic mass is 16.6. The highest BCUT2D eigenvalue weighted by Gasteiger charge is 2.16. The molecule has 0 spiro atoms. The van der Waals surface area contributed by atoms with E-state index in [-0.39, 0.29) is 6.61 Å². The van der Waals surface area contributed by atoms with Crippen LogP contribution in [0.3, 0.4) is 0 Å². The molecule has 28 heavy (non-hydrogen) atoms. The molecule has 0 aliphatic carbocycles. The predicted octanol–water partition coefficient (Wildman–Crippen LogP) is 6.02. The molecule has 0 atom stereocenters. The van der Waals surface area contributed by atoms with Crippen LogP contribution in [0.5, 0.6) is 0 Å². The van der Waals surface area contributed by atoms with Gasteiger partial charge < -0.3 is 9.47 Å². The van der Waals surface area contributed by atoms with Crippen molar-refractivity contribution in [3.63, 3.8) is 0 Å². The van der Waals surface area contributed by atoms with Crippen molar-refractivity contribution in [2.45, 2.75) is 90.4 Å². The third-order valence-corrected chi connectivity index (χ3v) is 4.86. The Morgan fingerprint density at radius 3 is 1.64 bits per heavy atom. The topological polar surface area (TPSA) is 52.6 Å². The number of ether oxygens (including phenoxy) is 2. The van der Waals surface area contributed by atoms with Gasteiger partial charge in [0, 0.05) is 6.42 Å². The predicted molar refractivity (Wildman–Crippen MR) is 113 cm³/mol. The van der Waals surface area contributed by atoms with Crippen LogP contribution in [-0.4, -0.2) is 25.2 Å². The number of esters is 2. The summed E-state index contributed by atoms with van der Waals surface area (Å²) in [6.07, 6.45) is 15.6. The molecule has 0 radical (unpaired) electrons. The van der Waals surface area contributed by atoms with Crippen LogP contribution in [0.15, 0.2) is 30.3 Å². The molecule has 0 fully saturated rings. The largest absolute Gasteiger partial charge is 0.457 e. The van der Waals surface area contributed by atoms with Crippen LogP contribution in [0.2, 0.25) is 0 Å². The highest BCUT2D eigenvalue weighted by molar-refractivity contribution is 6.29. The zero-order valence-electron chi connectivity index (χ0n) is 17.6. The van der Waals surface area contributed by atoms with Crippen molar-refractivity contribution in [1.82, 2.24) is 0 Å². The first kappa shape index (κ1) is 24.2. The summed E-state index contributed by atoms with van der Waals surface area (Å²) in [5.41, 5.74) is 1.07. The lowest BCUT2D eigenvalue weighted by Crippen LogP contribution is -2.21. The Balaban J connectivity index is 1.87. The molecule has 0 amide bonds. The summed E-state index contributed by atoms with van der Waals surface area (Å²) in [6.45, 7) is 2.74. The molecule has 1 aromatic carbocycles. The maximum Gasteiger partial charge on any atom is 0.417 e. The number of hydrogen-bond acceptors (Lipinski definition) is 4. The fourth-order valence-corrected chi connectivity index (χ4v) is 3.13. The van der Waals surface area contributed by atoms with E-state index in [0.717, 1.165) is 24.8 Å². The molecule has 0 bridgehead atoms. The van der Waals surface area contributed by atoms with Gasteiger partial charge >= 0.3 is 11.9 Å². The van der Waals surface area contributed by atoms with Gasteiger partial charge in [0.1, 0.15) is 0 Å². The van der Waals surface area contributed by atoms with Gasteiger partial charge in [0.25, 0.3) is 0 Å². The zero-order valence-corrected chi connectivity index (χ0v) is 17.6. The second-order valence-electron chi connectivity index (χ2n) is 7.40. The molecule has 1 rings (SSSR count). The molecule has 0 saturated heterocycles. The first-order chi connectivity index (χ1) is 13.7. The van der Waals surface area contributed by atoms with Gasteiger partial charge in [-0.3, -0.25) is 0 Å². The van der Waals surface area contributed by atoms with Gasteiger partial charge in [0.05, 0.1) is 13.2 Å². The Hall–Kier alpha value is -1.84. The standard InChI is InChI=1S/C24H38O4/c1-2-3-4-5-6-7-8-9-10-11-12-16-20-27-23(25)24(26)28-21-19-22-17-14-13-15-18-22/h13-15,17-18H,2-12,16,19-21H2,1H3. The Morgan fingerprint density at radius 2 is 1.11 bits per heavy atom. The quantitative estimate of drug-likeness (QED) is 0.197. The lowest BCUT2D eigenvalue weighted by atomic mass is 10.1. The summed E-state index contributed by atoms with van der Waals surface area (Å²) in [5.74, 6) is -1.77. The molecule has 0 aliphatic heterocycles. The molecule has 0 aromatic heterocycles. The molecule has 4 nitrogen and oxygen atoms in total. The first-order valence-corrected chi connectivity index (χ1v) is 11.1. The van der Waals surface area contributed by atoms with Crippen molar-refractivity contribution in [2.24, 2.45) is 0 Å². The van der Waals surface area contributed by atoms with E-state index in [1.807, 2.05) is 30.3 Å². The van der Waals surface area contributed by atoms with Crippen LogP contribution in [0.25, 0.3) is 0 Å². The molecule has 0 unspecified atom stereocenters. The molecule has 4 heteroatoms. The van der Waals surface area contributed by atoms with Crippen LogP contribution in [0.4, 0.5) is 0 Å². The van der Waals surface area contributed by atoms with Crippen molar-refractivity contribution in [2.75, 3.05) is 13.2 Å². The number of carbonyl (C=O) groups excluding carboxylic acids is 2. The van der Waals surface area contributed by atoms with Crippen LogP contribution in [-0.2, 0) is 25.5 Å². The number of unbranched alkanes of at least 4 members (excludes halogenated alkanes) is 11. The molecule has 0 aliphatic rings. The zero-order chi connectivity index (χ0) is 20.3. The molecular weight excluding hydrogens is 352 g/mol. The Labute approximate surface area is 171 Å². The van der Waals surface area contributed by atoms with E-state index >= 15 is 0 Å². The molecule has 0 heterocycles. The van der Waals surface area contributed by atoms with Crippen LogP contribution >= 0.6 is 0 Å². The van der Waals surface area contributed by atoms with Gasteiger partial charge in [-0.05, 0) is 12.0 Å². The minimum absolute atomic E-state index is 0.191. The van der Waals surface area contributed by atoms with E-state index in [1.54, 1.807) is 0 Å². The monoisotopic (exact) mass is 390 g/mol. The maximum atomic E-state index is 11.6. The minimum atomic E-state index is -0.894. The average Bonchev–Trinajstić information content (AvgIpc) is 2.72. The second-order valence-corrected chi connectivity index (χ2v) is 7.40.